The molecule has 2 aliphatic rings. The van der Waals surface area contributed by atoms with Crippen molar-refractivity contribution in [2.45, 2.75) is 49.3 Å². The summed E-state index contributed by atoms with van der Waals surface area (Å²) in [4.78, 5) is 2.16. The number of fused-ring (bicyclic) bond motifs is 1. The fraction of sp³-hybridized carbons (Fsp3) is 1.00. The zero-order chi connectivity index (χ0) is 11.1. The summed E-state index contributed by atoms with van der Waals surface area (Å²) in [5.41, 5.74) is -0.0285. The average Bonchev–Trinajstić information content (AvgIpc) is 2.09. The molecule has 1 saturated carbocycles. The number of rotatable bonds is 1. The summed E-state index contributed by atoms with van der Waals surface area (Å²) < 4.78 is 23.6. The third kappa shape index (κ3) is 1.72. The minimum atomic E-state index is -2.77. The van der Waals surface area contributed by atoms with Crippen LogP contribution in [-0.2, 0) is 9.84 Å². The van der Waals surface area contributed by atoms with Crippen LogP contribution in [0.15, 0.2) is 0 Å². The molecule has 88 valence electrons. The minimum absolute atomic E-state index is 0.0285. The maximum absolute atomic E-state index is 11.8. The molecule has 0 bridgehead atoms. The van der Waals surface area contributed by atoms with Crippen molar-refractivity contribution < 1.29 is 8.42 Å². The summed E-state index contributed by atoms with van der Waals surface area (Å²) in [6.07, 6.45) is 6.67. The second-order valence-electron chi connectivity index (χ2n) is 5.25. The van der Waals surface area contributed by atoms with Crippen LogP contribution in [-0.4, -0.2) is 44.0 Å². The Morgan fingerprint density at radius 2 is 1.80 bits per heavy atom. The van der Waals surface area contributed by atoms with E-state index < -0.39 is 9.84 Å². The Hall–Kier alpha value is -0.0900. The molecule has 0 spiro atoms. The highest BCUT2D eigenvalue weighted by molar-refractivity contribution is 7.93. The zero-order valence-electron chi connectivity index (χ0n) is 9.70. The largest absolute Gasteiger partial charge is 0.301 e. The van der Waals surface area contributed by atoms with E-state index in [0.29, 0.717) is 5.75 Å². The van der Waals surface area contributed by atoms with Crippen LogP contribution in [0.1, 0.15) is 38.5 Å². The van der Waals surface area contributed by atoms with Gasteiger partial charge in [0.05, 0.1) is 16.5 Å². The van der Waals surface area contributed by atoms with Crippen LogP contribution in [0.2, 0.25) is 0 Å². The van der Waals surface area contributed by atoms with Crippen molar-refractivity contribution in [3.05, 3.63) is 0 Å². The SMILES string of the molecule is CN(C)[C@]12CCCCCC[C@@H]1S(=O)(=O)C2. The molecule has 0 radical (unpaired) electrons. The summed E-state index contributed by atoms with van der Waals surface area (Å²) in [6, 6.07) is 0. The van der Waals surface area contributed by atoms with Gasteiger partial charge in [0.2, 0.25) is 0 Å². The summed E-state index contributed by atoms with van der Waals surface area (Å²) in [7, 11) is 1.30. The predicted molar refractivity (Wildman–Crippen MR) is 61.7 cm³/mol. The van der Waals surface area contributed by atoms with E-state index in [1.807, 2.05) is 14.1 Å². The molecule has 0 aromatic heterocycles. The van der Waals surface area contributed by atoms with E-state index >= 15 is 0 Å². The molecule has 1 saturated heterocycles. The van der Waals surface area contributed by atoms with E-state index in [-0.39, 0.29) is 10.8 Å². The average molecular weight is 231 g/mol. The third-order valence-corrected chi connectivity index (χ3v) is 6.64. The summed E-state index contributed by atoms with van der Waals surface area (Å²) in [5.74, 6) is 0.387. The molecule has 0 unspecified atom stereocenters. The van der Waals surface area contributed by atoms with E-state index in [1.165, 1.54) is 19.3 Å². The van der Waals surface area contributed by atoms with Crippen molar-refractivity contribution in [1.29, 1.82) is 0 Å². The monoisotopic (exact) mass is 231 g/mol. The number of hydrogen-bond donors (Lipinski definition) is 0. The fourth-order valence-electron chi connectivity index (χ4n) is 3.21. The van der Waals surface area contributed by atoms with Crippen LogP contribution in [0.3, 0.4) is 0 Å². The maximum Gasteiger partial charge on any atom is 0.156 e. The Kier molecular flexibility index (Phi) is 2.84. The van der Waals surface area contributed by atoms with Gasteiger partial charge in [-0.1, -0.05) is 25.7 Å². The third-order valence-electron chi connectivity index (χ3n) is 4.20. The van der Waals surface area contributed by atoms with Gasteiger partial charge in [-0.25, -0.2) is 8.42 Å². The van der Waals surface area contributed by atoms with Gasteiger partial charge in [0.25, 0.3) is 0 Å². The van der Waals surface area contributed by atoms with Gasteiger partial charge in [0.1, 0.15) is 0 Å². The first-order valence-corrected chi connectivity index (χ1v) is 7.60. The van der Waals surface area contributed by atoms with E-state index in [0.717, 1.165) is 19.3 Å². The lowest BCUT2D eigenvalue weighted by molar-refractivity contribution is 0.118. The van der Waals surface area contributed by atoms with E-state index in [1.54, 1.807) is 0 Å². The Bertz CT molecular complexity index is 336. The predicted octanol–water partition coefficient (Wildman–Crippen LogP) is 1.44. The van der Waals surface area contributed by atoms with Gasteiger partial charge < -0.3 is 4.90 Å². The molecule has 0 aromatic carbocycles. The fourth-order valence-corrected chi connectivity index (χ4v) is 6.02. The Morgan fingerprint density at radius 3 is 2.40 bits per heavy atom. The van der Waals surface area contributed by atoms with Gasteiger partial charge >= 0.3 is 0 Å². The first kappa shape index (κ1) is 11.4. The molecule has 2 fully saturated rings. The number of hydrogen-bond acceptors (Lipinski definition) is 3. The van der Waals surface area contributed by atoms with Gasteiger partial charge in [-0.3, -0.25) is 0 Å². The molecule has 2 atom stereocenters. The van der Waals surface area contributed by atoms with Crippen LogP contribution < -0.4 is 0 Å². The molecule has 1 aliphatic carbocycles. The lowest BCUT2D eigenvalue weighted by Crippen LogP contribution is -2.70. The highest BCUT2D eigenvalue weighted by Gasteiger charge is 2.58. The van der Waals surface area contributed by atoms with Crippen molar-refractivity contribution in [2.24, 2.45) is 0 Å². The van der Waals surface area contributed by atoms with E-state index in [2.05, 4.69) is 4.90 Å². The van der Waals surface area contributed by atoms with Crippen molar-refractivity contribution in [2.75, 3.05) is 19.8 Å². The second kappa shape index (κ2) is 3.74. The summed E-state index contributed by atoms with van der Waals surface area (Å²) in [6.45, 7) is 0. The molecule has 3 nitrogen and oxygen atoms in total. The quantitative estimate of drug-likeness (QED) is 0.685. The van der Waals surface area contributed by atoms with Gasteiger partial charge in [0, 0.05) is 0 Å². The molecule has 2 rings (SSSR count). The Balaban J connectivity index is 2.25. The van der Waals surface area contributed by atoms with Crippen LogP contribution >= 0.6 is 0 Å². The highest BCUT2D eigenvalue weighted by Crippen LogP contribution is 2.44. The molecule has 0 aromatic rings. The molecular weight excluding hydrogens is 210 g/mol. The zero-order valence-corrected chi connectivity index (χ0v) is 10.5. The van der Waals surface area contributed by atoms with E-state index in [4.69, 9.17) is 0 Å². The lowest BCUT2D eigenvalue weighted by Gasteiger charge is -2.54. The van der Waals surface area contributed by atoms with E-state index in [9.17, 15) is 8.42 Å². The number of nitrogens with zero attached hydrogens (tertiary/aromatic N) is 1. The maximum atomic E-state index is 11.8. The molecule has 0 amide bonds. The normalized spacial score (nSPS) is 40.1. The molecular formula is C11H21NO2S. The standard InChI is InChI=1S/C11H21NO2S/c1-12(2)11-8-6-4-3-5-7-10(11)15(13,14)9-11/h10H,3-9H2,1-2H3/t10-,11-/m0/s1. The smallest absolute Gasteiger partial charge is 0.156 e. The van der Waals surface area contributed by atoms with Gasteiger partial charge in [-0.05, 0) is 26.9 Å². The topological polar surface area (TPSA) is 37.4 Å². The van der Waals surface area contributed by atoms with Crippen LogP contribution in [0.5, 0.6) is 0 Å². The van der Waals surface area contributed by atoms with Crippen LogP contribution in [0, 0.1) is 0 Å². The van der Waals surface area contributed by atoms with Crippen molar-refractivity contribution in [1.82, 2.24) is 4.90 Å². The highest BCUT2D eigenvalue weighted by atomic mass is 32.2. The van der Waals surface area contributed by atoms with Crippen molar-refractivity contribution >= 4 is 9.84 Å². The van der Waals surface area contributed by atoms with Gasteiger partial charge in [-0.15, -0.1) is 0 Å². The van der Waals surface area contributed by atoms with Crippen molar-refractivity contribution in [3.8, 4) is 0 Å². The van der Waals surface area contributed by atoms with Crippen molar-refractivity contribution in [3.63, 3.8) is 0 Å². The van der Waals surface area contributed by atoms with Crippen LogP contribution in [0.25, 0.3) is 0 Å². The second-order valence-corrected chi connectivity index (χ2v) is 7.43. The first-order valence-electron chi connectivity index (χ1n) is 5.88. The Labute approximate surface area is 92.8 Å². The molecule has 0 N–H and O–H groups in total. The number of sulfone groups is 1. The summed E-state index contributed by atoms with van der Waals surface area (Å²) >= 11 is 0. The molecule has 1 aliphatic heterocycles. The molecule has 1 heterocycles. The van der Waals surface area contributed by atoms with Gasteiger partial charge in [0.15, 0.2) is 9.84 Å². The summed E-state index contributed by atoms with van der Waals surface area (Å²) in [5, 5.41) is -0.0831. The Morgan fingerprint density at radius 1 is 1.13 bits per heavy atom. The molecule has 15 heavy (non-hydrogen) atoms. The first-order chi connectivity index (χ1) is 6.99. The lowest BCUT2D eigenvalue weighted by atomic mass is 9.83. The van der Waals surface area contributed by atoms with Crippen LogP contribution in [0.4, 0.5) is 0 Å². The minimum Gasteiger partial charge on any atom is -0.301 e. The van der Waals surface area contributed by atoms with Gasteiger partial charge in [-0.2, -0.15) is 0 Å². The molecule has 4 heteroatoms.